The van der Waals surface area contributed by atoms with Crippen molar-refractivity contribution in [3.8, 4) is 12.3 Å². The first kappa shape index (κ1) is 8.87. The van der Waals surface area contributed by atoms with E-state index in [4.69, 9.17) is 6.42 Å². The molecule has 0 aromatic heterocycles. The van der Waals surface area contributed by atoms with Crippen LogP contribution in [0, 0.1) is 32.1 Å². The lowest BCUT2D eigenvalue weighted by Gasteiger charge is -2.06. The van der Waals surface area contributed by atoms with Gasteiger partial charge in [0, 0.05) is 0 Å². The maximum atomic E-state index is 5.31. The zero-order valence-electron chi connectivity index (χ0n) is 7.81. The summed E-state index contributed by atoms with van der Waals surface area (Å²) in [6.07, 6.45) is 5.31. The zero-order chi connectivity index (χ0) is 9.14. The Labute approximate surface area is 74.6 Å². The van der Waals surface area contributed by atoms with Crippen LogP contribution in [0.15, 0.2) is 18.2 Å². The fourth-order valence-corrected chi connectivity index (χ4v) is 1.06. The van der Waals surface area contributed by atoms with Gasteiger partial charge in [-0.15, -0.1) is 6.42 Å². The van der Waals surface area contributed by atoms with Gasteiger partial charge in [0.1, 0.15) is 0 Å². The van der Waals surface area contributed by atoms with E-state index in [0.29, 0.717) is 0 Å². The predicted octanol–water partition coefficient (Wildman–Crippen LogP) is 2.88. The lowest BCUT2D eigenvalue weighted by Crippen LogP contribution is -1.92. The second kappa shape index (κ2) is 3.45. The second-order valence-corrected chi connectivity index (χ2v) is 3.07. The largest absolute Gasteiger partial charge is 0.119 e. The highest BCUT2D eigenvalue weighted by molar-refractivity contribution is 5.43. The molecule has 0 amide bonds. The van der Waals surface area contributed by atoms with Gasteiger partial charge in [-0.2, -0.15) is 0 Å². The van der Waals surface area contributed by atoms with Gasteiger partial charge in [-0.1, -0.05) is 24.1 Å². The van der Waals surface area contributed by atoms with Crippen molar-refractivity contribution in [1.29, 1.82) is 0 Å². The van der Waals surface area contributed by atoms with Crippen LogP contribution in [-0.2, 0) is 0 Å². The fourth-order valence-electron chi connectivity index (χ4n) is 1.06. The molecule has 0 heteroatoms. The first-order valence-corrected chi connectivity index (χ1v) is 4.03. The average molecular weight is 157 g/mol. The molecule has 12 heavy (non-hydrogen) atoms. The van der Waals surface area contributed by atoms with Gasteiger partial charge < -0.3 is 0 Å². The van der Waals surface area contributed by atoms with Gasteiger partial charge in [0.15, 0.2) is 0 Å². The van der Waals surface area contributed by atoms with Gasteiger partial charge in [0.05, 0.1) is 5.92 Å². The Morgan fingerprint density at radius 2 is 1.92 bits per heavy atom. The molecule has 0 aliphatic carbocycles. The van der Waals surface area contributed by atoms with Gasteiger partial charge in [0.2, 0.25) is 0 Å². The Kier molecular flexibility index (Phi) is 2.55. The second-order valence-electron chi connectivity index (χ2n) is 3.07. The molecule has 1 rings (SSSR count). The molecule has 1 aromatic rings. The lowest BCUT2D eigenvalue weighted by molar-refractivity contribution is 1.24. The summed E-state index contributed by atoms with van der Waals surface area (Å²) in [6, 6.07) is 6.30. The standard InChI is InChI=1S/C12H13/c1-5-9(2)12-7-6-10(3)11(4)8-12/h1,6-8H,2-4H3. The maximum Gasteiger partial charge on any atom is 0.0735 e. The molecule has 0 aliphatic heterocycles. The molecule has 61 valence electrons. The first-order valence-electron chi connectivity index (χ1n) is 4.03. The minimum absolute atomic E-state index is 0.998. The molecule has 0 aliphatic rings. The summed E-state index contributed by atoms with van der Waals surface area (Å²) in [5, 5.41) is 0. The molecule has 0 saturated carbocycles. The highest BCUT2D eigenvalue weighted by atomic mass is 14.1. The van der Waals surface area contributed by atoms with Crippen LogP contribution in [0.3, 0.4) is 0 Å². The number of rotatable bonds is 1. The van der Waals surface area contributed by atoms with E-state index in [0.717, 1.165) is 11.5 Å². The summed E-state index contributed by atoms with van der Waals surface area (Å²) in [5.41, 5.74) is 3.76. The summed E-state index contributed by atoms with van der Waals surface area (Å²) < 4.78 is 0. The summed E-state index contributed by atoms with van der Waals surface area (Å²) in [4.78, 5) is 0. The minimum atomic E-state index is 0.998. The molecule has 0 saturated heterocycles. The third-order valence-corrected chi connectivity index (χ3v) is 2.16. The van der Waals surface area contributed by atoms with Crippen LogP contribution in [0.1, 0.15) is 23.6 Å². The quantitative estimate of drug-likeness (QED) is 0.550. The minimum Gasteiger partial charge on any atom is -0.119 e. The van der Waals surface area contributed by atoms with Crippen LogP contribution in [0.5, 0.6) is 0 Å². The molecule has 0 fully saturated rings. The van der Waals surface area contributed by atoms with E-state index in [1.165, 1.54) is 11.1 Å². The number of terminal acetylenes is 1. The molecule has 0 unspecified atom stereocenters. The normalized spacial score (nSPS) is 9.92. The molecular weight excluding hydrogens is 144 g/mol. The molecule has 1 aromatic carbocycles. The number of hydrogen-bond acceptors (Lipinski definition) is 0. The van der Waals surface area contributed by atoms with Gasteiger partial charge in [-0.25, -0.2) is 0 Å². The van der Waals surface area contributed by atoms with Crippen molar-refractivity contribution in [2.45, 2.75) is 20.8 Å². The van der Waals surface area contributed by atoms with Gasteiger partial charge >= 0.3 is 0 Å². The smallest absolute Gasteiger partial charge is 0.0735 e. The summed E-state index contributed by atoms with van der Waals surface area (Å²) in [5.74, 6) is 3.64. The molecular formula is C12H13. The topological polar surface area (TPSA) is 0 Å². The highest BCUT2D eigenvalue weighted by Gasteiger charge is 2.02. The first-order chi connectivity index (χ1) is 5.65. The van der Waals surface area contributed by atoms with Crippen molar-refractivity contribution in [3.05, 3.63) is 40.8 Å². The van der Waals surface area contributed by atoms with E-state index < -0.39 is 0 Å². The number of aryl methyl sites for hydroxylation is 2. The molecule has 0 heterocycles. The Bertz CT molecular complexity index is 315. The molecule has 0 N–H and O–H groups in total. The van der Waals surface area contributed by atoms with Crippen LogP contribution < -0.4 is 0 Å². The van der Waals surface area contributed by atoms with Crippen molar-refractivity contribution in [1.82, 2.24) is 0 Å². The molecule has 0 nitrogen and oxygen atoms in total. The van der Waals surface area contributed by atoms with Crippen LogP contribution in [0.2, 0.25) is 0 Å². The summed E-state index contributed by atoms with van der Waals surface area (Å²) >= 11 is 0. The molecule has 0 spiro atoms. The van der Waals surface area contributed by atoms with Crippen molar-refractivity contribution < 1.29 is 0 Å². The van der Waals surface area contributed by atoms with Gasteiger partial charge in [0.25, 0.3) is 0 Å². The Morgan fingerprint density at radius 3 is 2.42 bits per heavy atom. The molecule has 0 bridgehead atoms. The third kappa shape index (κ3) is 1.68. The molecule has 0 atom stereocenters. The van der Waals surface area contributed by atoms with Crippen molar-refractivity contribution in [2.75, 3.05) is 0 Å². The van der Waals surface area contributed by atoms with Crippen molar-refractivity contribution in [2.24, 2.45) is 0 Å². The van der Waals surface area contributed by atoms with E-state index in [1.54, 1.807) is 0 Å². The Morgan fingerprint density at radius 1 is 1.25 bits per heavy atom. The maximum absolute atomic E-state index is 5.31. The predicted molar refractivity (Wildman–Crippen MR) is 52.8 cm³/mol. The van der Waals surface area contributed by atoms with Crippen molar-refractivity contribution in [3.63, 3.8) is 0 Å². The Balaban J connectivity index is 3.06. The van der Waals surface area contributed by atoms with Crippen LogP contribution in [-0.4, -0.2) is 0 Å². The SMILES string of the molecule is C#C[C](C)c1ccc(C)c(C)c1. The van der Waals surface area contributed by atoms with E-state index in [9.17, 15) is 0 Å². The van der Waals surface area contributed by atoms with E-state index in [1.807, 2.05) is 6.92 Å². The number of hydrogen-bond donors (Lipinski definition) is 0. The average Bonchev–Trinajstić information content (AvgIpc) is 2.08. The van der Waals surface area contributed by atoms with E-state index in [-0.39, 0.29) is 0 Å². The number of benzene rings is 1. The van der Waals surface area contributed by atoms with Crippen LogP contribution in [0.25, 0.3) is 0 Å². The molecule has 1 radical (unpaired) electrons. The zero-order valence-corrected chi connectivity index (χ0v) is 7.81. The monoisotopic (exact) mass is 157 g/mol. The summed E-state index contributed by atoms with van der Waals surface area (Å²) in [7, 11) is 0. The lowest BCUT2D eigenvalue weighted by atomic mass is 9.98. The van der Waals surface area contributed by atoms with Crippen molar-refractivity contribution >= 4 is 0 Å². The highest BCUT2D eigenvalue weighted by Crippen LogP contribution is 2.16. The van der Waals surface area contributed by atoms with E-state index >= 15 is 0 Å². The van der Waals surface area contributed by atoms with Gasteiger partial charge in [-0.3, -0.25) is 0 Å². The van der Waals surface area contributed by atoms with Crippen LogP contribution in [0.4, 0.5) is 0 Å². The van der Waals surface area contributed by atoms with Gasteiger partial charge in [-0.05, 0) is 37.5 Å². The fraction of sp³-hybridized carbons (Fsp3) is 0.250. The van der Waals surface area contributed by atoms with Crippen LogP contribution >= 0.6 is 0 Å². The summed E-state index contributed by atoms with van der Waals surface area (Å²) in [6.45, 7) is 6.16. The third-order valence-electron chi connectivity index (χ3n) is 2.16. The Hall–Kier alpha value is -1.22. The van der Waals surface area contributed by atoms with E-state index in [2.05, 4.69) is 38.0 Å².